The number of thiazole rings is 1. The second kappa shape index (κ2) is 12.4. The SMILES string of the molecule is CC(C)(C)OC(=O)c1ccc(NC(=O)CCN2C(=O)C(=Cc3cnc(-c4cc(F)ccc4CN)s3)SC2=S)cc1. The number of aromatic nitrogens is 1. The van der Waals surface area contributed by atoms with Gasteiger partial charge in [-0.15, -0.1) is 11.3 Å². The van der Waals surface area contributed by atoms with Crippen molar-refractivity contribution in [1.82, 2.24) is 9.88 Å². The first-order valence-corrected chi connectivity index (χ1v) is 14.3. The third kappa shape index (κ3) is 7.39. The highest BCUT2D eigenvalue weighted by Gasteiger charge is 2.32. The third-order valence-electron chi connectivity index (χ3n) is 5.56. The molecule has 2 aromatic carbocycles. The molecule has 12 heteroatoms. The highest BCUT2D eigenvalue weighted by Crippen LogP contribution is 2.35. The van der Waals surface area contributed by atoms with E-state index in [-0.39, 0.29) is 37.1 Å². The van der Waals surface area contributed by atoms with E-state index < -0.39 is 11.6 Å². The largest absolute Gasteiger partial charge is 0.456 e. The molecule has 0 atom stereocenters. The summed E-state index contributed by atoms with van der Waals surface area (Å²) in [4.78, 5) is 44.6. The molecular weight excluding hydrogens is 572 g/mol. The molecule has 1 aliphatic rings. The monoisotopic (exact) mass is 598 g/mol. The van der Waals surface area contributed by atoms with Crippen LogP contribution in [-0.4, -0.2) is 44.1 Å². The average molecular weight is 599 g/mol. The third-order valence-corrected chi connectivity index (χ3v) is 7.91. The predicted molar refractivity (Wildman–Crippen MR) is 160 cm³/mol. The van der Waals surface area contributed by atoms with E-state index in [4.69, 9.17) is 22.7 Å². The van der Waals surface area contributed by atoms with Crippen LogP contribution in [0.4, 0.5) is 10.1 Å². The maximum atomic E-state index is 13.8. The van der Waals surface area contributed by atoms with E-state index in [0.29, 0.717) is 35.9 Å². The number of esters is 1. The Bertz CT molecular complexity index is 1500. The molecule has 1 saturated heterocycles. The molecule has 3 N–H and O–H groups in total. The smallest absolute Gasteiger partial charge is 0.338 e. The van der Waals surface area contributed by atoms with E-state index in [1.807, 2.05) is 0 Å². The summed E-state index contributed by atoms with van der Waals surface area (Å²) in [7, 11) is 0. The lowest BCUT2D eigenvalue weighted by molar-refractivity contribution is -0.122. The van der Waals surface area contributed by atoms with Crippen molar-refractivity contribution < 1.29 is 23.5 Å². The Morgan fingerprint density at radius 3 is 2.60 bits per heavy atom. The van der Waals surface area contributed by atoms with Crippen molar-refractivity contribution in [2.75, 3.05) is 11.9 Å². The van der Waals surface area contributed by atoms with Gasteiger partial charge >= 0.3 is 5.97 Å². The Morgan fingerprint density at radius 1 is 1.20 bits per heavy atom. The summed E-state index contributed by atoms with van der Waals surface area (Å²) in [6.07, 6.45) is 3.33. The Hall–Kier alpha value is -3.45. The lowest BCUT2D eigenvalue weighted by Gasteiger charge is -2.19. The van der Waals surface area contributed by atoms with Gasteiger partial charge in [0.05, 0.1) is 10.5 Å². The van der Waals surface area contributed by atoms with E-state index in [0.717, 1.165) is 17.3 Å². The molecule has 40 heavy (non-hydrogen) atoms. The number of nitrogens with zero attached hydrogens (tertiary/aromatic N) is 2. The van der Waals surface area contributed by atoms with Crippen molar-refractivity contribution in [3.63, 3.8) is 0 Å². The van der Waals surface area contributed by atoms with Gasteiger partial charge in [-0.1, -0.05) is 30.0 Å². The average Bonchev–Trinajstić information content (AvgIpc) is 3.46. The minimum atomic E-state index is -0.605. The second-order valence-electron chi connectivity index (χ2n) is 9.78. The summed E-state index contributed by atoms with van der Waals surface area (Å²) < 4.78 is 19.5. The number of carbonyl (C=O) groups is 3. The first-order chi connectivity index (χ1) is 18.9. The van der Waals surface area contributed by atoms with Crippen LogP contribution in [0.1, 0.15) is 48.0 Å². The molecule has 2 heterocycles. The molecule has 3 aromatic rings. The van der Waals surface area contributed by atoms with Crippen LogP contribution in [0.2, 0.25) is 0 Å². The molecule has 208 valence electrons. The standard InChI is InChI=1S/C28H27FN4O4S3/c1-28(2,3)37-26(36)16-5-8-19(9-6-16)32-23(34)10-11-33-25(35)22(40-27(33)38)13-20-15-31-24(39-20)21-12-18(29)7-4-17(21)14-30/h4-9,12-13,15H,10-11,14,30H2,1-3H3,(H,32,34). The normalized spacial score (nSPS) is 14.6. The predicted octanol–water partition coefficient (Wildman–Crippen LogP) is 5.59. The second-order valence-corrected chi connectivity index (χ2v) is 12.5. The highest BCUT2D eigenvalue weighted by molar-refractivity contribution is 8.26. The fourth-order valence-corrected chi connectivity index (χ4v) is 5.97. The van der Waals surface area contributed by atoms with E-state index >= 15 is 0 Å². The fourth-order valence-electron chi connectivity index (χ4n) is 3.69. The maximum absolute atomic E-state index is 13.8. The van der Waals surface area contributed by atoms with E-state index in [2.05, 4.69) is 10.3 Å². The molecule has 0 bridgehead atoms. The summed E-state index contributed by atoms with van der Waals surface area (Å²) >= 11 is 7.84. The van der Waals surface area contributed by atoms with Gasteiger partial charge in [-0.05, 0) is 68.8 Å². The Kier molecular flexibility index (Phi) is 9.14. The van der Waals surface area contributed by atoms with Crippen molar-refractivity contribution in [1.29, 1.82) is 0 Å². The number of nitrogens with two attached hydrogens (primary N) is 1. The molecule has 1 aliphatic heterocycles. The first kappa shape index (κ1) is 29.5. The minimum Gasteiger partial charge on any atom is -0.456 e. The summed E-state index contributed by atoms with van der Waals surface area (Å²) in [6.45, 7) is 5.72. The Labute approximate surface area is 244 Å². The van der Waals surface area contributed by atoms with Gasteiger partial charge in [-0.3, -0.25) is 14.5 Å². The molecule has 2 amide bonds. The fraction of sp³-hybridized carbons (Fsp3) is 0.250. The quantitative estimate of drug-likeness (QED) is 0.196. The lowest BCUT2D eigenvalue weighted by atomic mass is 10.1. The number of thiocarbonyl (C=S) groups is 1. The van der Waals surface area contributed by atoms with E-state index in [1.165, 1.54) is 28.4 Å². The number of carbonyl (C=O) groups excluding carboxylic acids is 3. The zero-order valence-electron chi connectivity index (χ0n) is 22.0. The minimum absolute atomic E-state index is 0.0275. The Morgan fingerprint density at radius 2 is 1.93 bits per heavy atom. The van der Waals surface area contributed by atoms with Gasteiger partial charge in [0.25, 0.3) is 5.91 Å². The van der Waals surface area contributed by atoms with Crippen molar-refractivity contribution in [2.24, 2.45) is 5.73 Å². The zero-order chi connectivity index (χ0) is 29.0. The van der Waals surface area contributed by atoms with Crippen molar-refractivity contribution in [2.45, 2.75) is 39.3 Å². The number of benzene rings is 2. The van der Waals surface area contributed by atoms with Crippen LogP contribution in [0.25, 0.3) is 16.6 Å². The van der Waals surface area contributed by atoms with E-state index in [9.17, 15) is 18.8 Å². The van der Waals surface area contributed by atoms with Crippen molar-refractivity contribution in [3.8, 4) is 10.6 Å². The number of ether oxygens (including phenoxy) is 1. The number of halogens is 1. The molecule has 0 aliphatic carbocycles. The van der Waals surface area contributed by atoms with Gasteiger partial charge in [0.1, 0.15) is 20.7 Å². The van der Waals surface area contributed by atoms with Crippen molar-refractivity contribution >= 4 is 69.2 Å². The summed E-state index contributed by atoms with van der Waals surface area (Å²) in [5, 5.41) is 3.35. The number of amides is 2. The number of thioether (sulfide) groups is 1. The number of anilines is 1. The van der Waals surface area contributed by atoms with Gasteiger partial charge in [0, 0.05) is 41.8 Å². The Balaban J connectivity index is 1.35. The van der Waals surface area contributed by atoms with Crippen LogP contribution in [0.5, 0.6) is 0 Å². The molecule has 0 saturated carbocycles. The maximum Gasteiger partial charge on any atom is 0.338 e. The van der Waals surface area contributed by atoms with Gasteiger partial charge in [-0.25, -0.2) is 14.2 Å². The van der Waals surface area contributed by atoms with Gasteiger partial charge in [-0.2, -0.15) is 0 Å². The first-order valence-electron chi connectivity index (χ1n) is 12.3. The highest BCUT2D eigenvalue weighted by atomic mass is 32.2. The summed E-state index contributed by atoms with van der Waals surface area (Å²) in [5.74, 6) is -1.43. The number of rotatable bonds is 8. The molecule has 4 rings (SSSR count). The number of hydrogen-bond acceptors (Lipinski definition) is 9. The van der Waals surface area contributed by atoms with Crippen LogP contribution in [-0.2, 0) is 20.9 Å². The summed E-state index contributed by atoms with van der Waals surface area (Å²) in [5.41, 5.74) is 7.45. The lowest BCUT2D eigenvalue weighted by Crippen LogP contribution is -2.31. The molecule has 1 fully saturated rings. The van der Waals surface area contributed by atoms with Crippen LogP contribution in [0.3, 0.4) is 0 Å². The number of hydrogen-bond donors (Lipinski definition) is 2. The molecule has 8 nitrogen and oxygen atoms in total. The van der Waals surface area contributed by atoms with Crippen LogP contribution in [0, 0.1) is 5.82 Å². The summed E-state index contributed by atoms with van der Waals surface area (Å²) in [6, 6.07) is 10.8. The molecule has 1 aromatic heterocycles. The molecule has 0 unspecified atom stereocenters. The van der Waals surface area contributed by atoms with Gasteiger partial charge in [0.2, 0.25) is 5.91 Å². The zero-order valence-corrected chi connectivity index (χ0v) is 24.5. The topological polar surface area (TPSA) is 115 Å². The van der Waals surface area contributed by atoms with Crippen LogP contribution in [0.15, 0.2) is 53.6 Å². The van der Waals surface area contributed by atoms with Crippen LogP contribution < -0.4 is 11.1 Å². The van der Waals surface area contributed by atoms with Gasteiger partial charge in [0.15, 0.2) is 0 Å². The molecular formula is C28H27FN4O4S3. The molecule has 0 radical (unpaired) electrons. The van der Waals surface area contributed by atoms with Gasteiger partial charge < -0.3 is 15.8 Å². The number of nitrogens with one attached hydrogen (secondary N) is 1. The van der Waals surface area contributed by atoms with Crippen LogP contribution >= 0.6 is 35.3 Å². The van der Waals surface area contributed by atoms with Crippen molar-refractivity contribution in [3.05, 3.63) is 75.4 Å². The molecule has 0 spiro atoms. The van der Waals surface area contributed by atoms with E-state index in [1.54, 1.807) is 63.4 Å².